The molecule has 7 nitrogen and oxygen atoms in total. The number of hydrogen-bond acceptors (Lipinski definition) is 6. The predicted octanol–water partition coefficient (Wildman–Crippen LogP) is 4.26. The Kier molecular flexibility index (Phi) is 7.52. The van der Waals surface area contributed by atoms with E-state index in [1.54, 1.807) is 25.1 Å². The van der Waals surface area contributed by atoms with Crippen LogP contribution in [0.2, 0.25) is 0 Å². The summed E-state index contributed by atoms with van der Waals surface area (Å²) in [6.45, 7) is 4.00. The van der Waals surface area contributed by atoms with Gasteiger partial charge in [-0.25, -0.2) is 0 Å². The summed E-state index contributed by atoms with van der Waals surface area (Å²) in [4.78, 5) is 28.3. The van der Waals surface area contributed by atoms with E-state index in [-0.39, 0.29) is 34.8 Å². The molecule has 0 aromatic heterocycles. The van der Waals surface area contributed by atoms with E-state index in [2.05, 4.69) is 15.9 Å². The summed E-state index contributed by atoms with van der Waals surface area (Å²) in [7, 11) is 1.28. The van der Waals surface area contributed by atoms with Crippen molar-refractivity contribution in [2.45, 2.75) is 20.3 Å². The summed E-state index contributed by atoms with van der Waals surface area (Å²) in [5.74, 6) is -0.666. The van der Waals surface area contributed by atoms with Gasteiger partial charge in [0.15, 0.2) is 16.6 Å². The highest BCUT2D eigenvalue weighted by atomic mass is 79.9. The number of nitrogens with zero attached hydrogens (tertiary/aromatic N) is 2. The Hall–Kier alpha value is -2.91. The molecule has 2 aromatic rings. The fourth-order valence-electron chi connectivity index (χ4n) is 3.24. The highest BCUT2D eigenvalue weighted by Gasteiger charge is 2.40. The van der Waals surface area contributed by atoms with Gasteiger partial charge in [-0.05, 0) is 83.0 Å². The number of phenolic OH excluding ortho intramolecular Hbond substituents is 1. The van der Waals surface area contributed by atoms with Crippen molar-refractivity contribution < 1.29 is 24.2 Å². The highest BCUT2D eigenvalue weighted by Crippen LogP contribution is 2.37. The number of esters is 1. The van der Waals surface area contributed by atoms with E-state index in [9.17, 15) is 14.7 Å². The number of thiocarbonyl (C=S) groups is 1. The molecule has 1 saturated heterocycles. The van der Waals surface area contributed by atoms with Crippen LogP contribution in [-0.4, -0.2) is 47.3 Å². The Morgan fingerprint density at radius 2 is 1.91 bits per heavy atom. The number of amides is 1. The second-order valence-electron chi connectivity index (χ2n) is 6.92. The van der Waals surface area contributed by atoms with Crippen molar-refractivity contribution in [3.8, 4) is 11.5 Å². The molecule has 0 aliphatic carbocycles. The third-order valence-electron chi connectivity index (χ3n) is 4.91. The summed E-state index contributed by atoms with van der Waals surface area (Å²) in [6, 6.07) is 10.8. The summed E-state index contributed by atoms with van der Waals surface area (Å²) in [5.41, 5.74) is 2.53. The Labute approximate surface area is 200 Å². The zero-order chi connectivity index (χ0) is 23.4. The van der Waals surface area contributed by atoms with Crippen LogP contribution >= 0.6 is 28.1 Å². The largest absolute Gasteiger partial charge is 0.503 e. The Morgan fingerprint density at radius 1 is 1.22 bits per heavy atom. The minimum absolute atomic E-state index is 0.0358. The number of aromatic hydroxyl groups is 1. The molecule has 0 unspecified atom stereocenters. The molecule has 0 radical (unpaired) electrons. The standard InChI is InChI=1S/C23H23BrN2O5S/c1-4-14-6-8-16(9-7-14)26-22(29)18(25(23(26)32)13-20(27)30-3)11-15-10-17(24)21(28)19(12-15)31-5-2/h6-12,28H,4-5,13H2,1-3H3/b18-11-. The molecular formula is C23H23BrN2O5S. The van der Waals surface area contributed by atoms with Gasteiger partial charge in [-0.3, -0.25) is 14.5 Å². The number of benzene rings is 2. The van der Waals surface area contributed by atoms with Gasteiger partial charge in [0.2, 0.25) is 0 Å². The number of aryl methyl sites for hydroxylation is 1. The maximum Gasteiger partial charge on any atom is 0.325 e. The number of ether oxygens (including phenoxy) is 2. The second-order valence-corrected chi connectivity index (χ2v) is 8.14. The topological polar surface area (TPSA) is 79.3 Å². The molecule has 1 amide bonds. The summed E-state index contributed by atoms with van der Waals surface area (Å²) < 4.78 is 10.7. The van der Waals surface area contributed by atoms with Gasteiger partial charge in [0.1, 0.15) is 12.2 Å². The number of halogens is 1. The number of methoxy groups -OCH3 is 1. The van der Waals surface area contributed by atoms with Gasteiger partial charge in [-0.1, -0.05) is 19.1 Å². The number of carbonyl (C=O) groups is 2. The zero-order valence-corrected chi connectivity index (χ0v) is 20.3. The van der Waals surface area contributed by atoms with Crippen LogP contribution in [-0.2, 0) is 20.7 Å². The molecule has 1 aliphatic heterocycles. The van der Waals surface area contributed by atoms with Crippen molar-refractivity contribution in [3.63, 3.8) is 0 Å². The van der Waals surface area contributed by atoms with Crippen LogP contribution in [0.1, 0.15) is 25.0 Å². The van der Waals surface area contributed by atoms with E-state index in [4.69, 9.17) is 21.7 Å². The van der Waals surface area contributed by atoms with Crippen LogP contribution in [0.3, 0.4) is 0 Å². The molecule has 32 heavy (non-hydrogen) atoms. The molecule has 2 aromatic carbocycles. The van der Waals surface area contributed by atoms with Crippen molar-refractivity contribution in [2.75, 3.05) is 25.2 Å². The molecule has 0 spiro atoms. The normalized spacial score (nSPS) is 14.9. The van der Waals surface area contributed by atoms with Crippen LogP contribution in [0.15, 0.2) is 46.6 Å². The number of carbonyl (C=O) groups excluding carboxylic acids is 2. The van der Waals surface area contributed by atoms with Gasteiger partial charge in [0.25, 0.3) is 5.91 Å². The molecule has 1 aliphatic rings. The van der Waals surface area contributed by atoms with Crippen LogP contribution < -0.4 is 9.64 Å². The molecule has 1 N–H and O–H groups in total. The Bertz CT molecular complexity index is 1080. The zero-order valence-electron chi connectivity index (χ0n) is 17.9. The number of anilines is 1. The smallest absolute Gasteiger partial charge is 0.325 e. The van der Waals surface area contributed by atoms with Crippen molar-refractivity contribution in [1.29, 1.82) is 0 Å². The lowest BCUT2D eigenvalue weighted by molar-refractivity contribution is -0.140. The highest BCUT2D eigenvalue weighted by molar-refractivity contribution is 9.10. The lowest BCUT2D eigenvalue weighted by Crippen LogP contribution is -2.35. The number of hydrogen-bond donors (Lipinski definition) is 1. The predicted molar refractivity (Wildman–Crippen MR) is 130 cm³/mol. The molecule has 3 rings (SSSR count). The Morgan fingerprint density at radius 3 is 2.50 bits per heavy atom. The molecule has 0 atom stereocenters. The van der Waals surface area contributed by atoms with Crippen LogP contribution in [0.4, 0.5) is 5.69 Å². The summed E-state index contributed by atoms with van der Waals surface area (Å²) in [6.07, 6.45) is 2.47. The van der Waals surface area contributed by atoms with Crippen LogP contribution in [0.25, 0.3) is 6.08 Å². The number of rotatable bonds is 7. The Balaban J connectivity index is 2.07. The molecule has 1 fully saturated rings. The molecule has 0 saturated carbocycles. The summed E-state index contributed by atoms with van der Waals surface area (Å²) in [5, 5.41) is 10.4. The van der Waals surface area contributed by atoms with E-state index in [1.165, 1.54) is 16.9 Å². The van der Waals surface area contributed by atoms with Crippen LogP contribution in [0, 0.1) is 0 Å². The van der Waals surface area contributed by atoms with Gasteiger partial charge in [-0.15, -0.1) is 0 Å². The van der Waals surface area contributed by atoms with Gasteiger partial charge >= 0.3 is 5.97 Å². The van der Waals surface area contributed by atoms with E-state index < -0.39 is 5.97 Å². The average Bonchev–Trinajstić information content (AvgIpc) is 3.01. The van der Waals surface area contributed by atoms with Crippen molar-refractivity contribution >= 4 is 56.9 Å². The van der Waals surface area contributed by atoms with Gasteiger partial charge in [0.05, 0.1) is 23.9 Å². The van der Waals surface area contributed by atoms with Crippen molar-refractivity contribution in [1.82, 2.24) is 4.90 Å². The van der Waals surface area contributed by atoms with Gasteiger partial charge in [-0.2, -0.15) is 0 Å². The molecule has 1 heterocycles. The molecule has 9 heteroatoms. The fourth-order valence-corrected chi connectivity index (χ4v) is 4.05. The first-order chi connectivity index (χ1) is 15.3. The lowest BCUT2D eigenvalue weighted by atomic mass is 10.1. The molecular weight excluding hydrogens is 496 g/mol. The first-order valence-electron chi connectivity index (χ1n) is 9.99. The van der Waals surface area contributed by atoms with E-state index in [0.717, 1.165) is 12.0 Å². The van der Waals surface area contributed by atoms with Gasteiger partial charge < -0.3 is 19.5 Å². The van der Waals surface area contributed by atoms with Gasteiger partial charge in [0, 0.05) is 0 Å². The maximum atomic E-state index is 13.4. The fraction of sp³-hybridized carbons (Fsp3) is 0.261. The van der Waals surface area contributed by atoms with E-state index >= 15 is 0 Å². The minimum Gasteiger partial charge on any atom is -0.503 e. The first-order valence-corrected chi connectivity index (χ1v) is 11.2. The number of phenols is 1. The second kappa shape index (κ2) is 10.1. The lowest BCUT2D eigenvalue weighted by Gasteiger charge is -2.19. The van der Waals surface area contributed by atoms with Crippen LogP contribution in [0.5, 0.6) is 11.5 Å². The van der Waals surface area contributed by atoms with E-state index in [1.807, 2.05) is 31.2 Å². The average molecular weight is 519 g/mol. The quantitative estimate of drug-likeness (QED) is 0.333. The SMILES string of the molecule is CCOc1cc(/C=C2/C(=O)N(c3ccc(CC)cc3)C(=S)N2CC(=O)OC)cc(Br)c1O. The maximum absolute atomic E-state index is 13.4. The monoisotopic (exact) mass is 518 g/mol. The van der Waals surface area contributed by atoms with E-state index in [0.29, 0.717) is 22.3 Å². The van der Waals surface area contributed by atoms with Crippen molar-refractivity contribution in [2.24, 2.45) is 0 Å². The molecule has 168 valence electrons. The van der Waals surface area contributed by atoms with Crippen molar-refractivity contribution in [3.05, 3.63) is 57.7 Å². The molecule has 0 bridgehead atoms. The minimum atomic E-state index is -0.531. The third-order valence-corrected chi connectivity index (χ3v) is 5.91. The first kappa shape index (κ1) is 23.7. The third kappa shape index (κ3) is 4.78. The summed E-state index contributed by atoms with van der Waals surface area (Å²) >= 11 is 8.87.